The normalized spacial score (nSPS) is 21.1. The average Bonchev–Trinajstić information content (AvgIpc) is 3.15. The first-order chi connectivity index (χ1) is 14.9. The van der Waals surface area contributed by atoms with Gasteiger partial charge in [0, 0.05) is 49.9 Å². The van der Waals surface area contributed by atoms with Gasteiger partial charge in [0.1, 0.15) is 0 Å². The average molecular weight is 432 g/mol. The number of aromatic amines is 1. The van der Waals surface area contributed by atoms with E-state index >= 15 is 0 Å². The van der Waals surface area contributed by atoms with Crippen molar-refractivity contribution in [1.82, 2.24) is 20.0 Å². The van der Waals surface area contributed by atoms with Crippen LogP contribution in [0.15, 0.2) is 24.3 Å². The topological polar surface area (TPSA) is 52.2 Å². The molecule has 1 aliphatic carbocycles. The molecule has 0 spiro atoms. The summed E-state index contributed by atoms with van der Waals surface area (Å²) in [6, 6.07) is 6.43. The quantitative estimate of drug-likeness (QED) is 0.784. The van der Waals surface area contributed by atoms with Gasteiger partial charge >= 0.3 is 6.18 Å². The minimum atomic E-state index is -4.36. The number of aromatic nitrogens is 2. The second kappa shape index (κ2) is 7.97. The van der Waals surface area contributed by atoms with Gasteiger partial charge in [0.2, 0.25) is 0 Å². The van der Waals surface area contributed by atoms with E-state index in [-0.39, 0.29) is 11.8 Å². The number of piperidine rings is 1. The predicted molar refractivity (Wildman–Crippen MR) is 110 cm³/mol. The zero-order valence-corrected chi connectivity index (χ0v) is 17.4. The number of amides is 1. The molecule has 2 aliphatic heterocycles. The lowest BCUT2D eigenvalue weighted by Gasteiger charge is -2.39. The Bertz CT molecular complexity index is 958. The Morgan fingerprint density at radius 3 is 2.48 bits per heavy atom. The summed E-state index contributed by atoms with van der Waals surface area (Å²) in [7, 11) is 0. The number of likely N-dealkylation sites (tertiary alicyclic amines) is 1. The summed E-state index contributed by atoms with van der Waals surface area (Å²) >= 11 is 0. The second-order valence-electron chi connectivity index (χ2n) is 8.99. The minimum Gasteiger partial charge on any atom is -0.337 e. The van der Waals surface area contributed by atoms with Gasteiger partial charge in [0.15, 0.2) is 5.69 Å². The number of carbonyl (C=O) groups is 1. The SMILES string of the molecule is O=C(c1n[nH]c2c1CN(C1CCC1)CC2)N1CCC(c2ccccc2C(F)(F)F)CC1. The van der Waals surface area contributed by atoms with E-state index in [1.165, 1.54) is 25.3 Å². The van der Waals surface area contributed by atoms with Crippen LogP contribution in [-0.4, -0.2) is 51.6 Å². The number of hydrogen-bond acceptors (Lipinski definition) is 3. The van der Waals surface area contributed by atoms with E-state index in [1.54, 1.807) is 17.0 Å². The molecule has 0 bridgehead atoms. The molecule has 166 valence electrons. The molecule has 8 heteroatoms. The molecular formula is C23H27F3N4O. The van der Waals surface area contributed by atoms with E-state index in [1.807, 2.05) is 0 Å². The van der Waals surface area contributed by atoms with Crippen LogP contribution in [0.4, 0.5) is 13.2 Å². The van der Waals surface area contributed by atoms with Gasteiger partial charge < -0.3 is 4.90 Å². The molecule has 3 heterocycles. The highest BCUT2D eigenvalue weighted by molar-refractivity contribution is 5.94. The van der Waals surface area contributed by atoms with Gasteiger partial charge in [0.05, 0.1) is 5.56 Å². The monoisotopic (exact) mass is 432 g/mol. The van der Waals surface area contributed by atoms with Gasteiger partial charge in [0.25, 0.3) is 5.91 Å². The van der Waals surface area contributed by atoms with Crippen molar-refractivity contribution in [3.05, 3.63) is 52.3 Å². The summed E-state index contributed by atoms with van der Waals surface area (Å²) in [6.07, 6.45) is 1.30. The molecule has 1 aromatic carbocycles. The third-order valence-corrected chi connectivity index (χ3v) is 7.24. The van der Waals surface area contributed by atoms with E-state index in [9.17, 15) is 18.0 Å². The van der Waals surface area contributed by atoms with E-state index in [4.69, 9.17) is 0 Å². The standard InChI is InChI=1S/C23H27F3N4O/c24-23(25,26)19-7-2-1-6-17(19)15-8-11-29(12-9-15)22(31)21-18-14-30(16-4-3-5-16)13-10-20(18)27-28-21/h1-2,6-7,15-16H,3-5,8-14H2,(H,27,28). The van der Waals surface area contributed by atoms with Gasteiger partial charge in [-0.1, -0.05) is 24.6 Å². The zero-order valence-electron chi connectivity index (χ0n) is 17.4. The molecule has 1 saturated heterocycles. The summed E-state index contributed by atoms with van der Waals surface area (Å²) in [5.41, 5.74) is 2.33. The van der Waals surface area contributed by atoms with Crippen molar-refractivity contribution in [1.29, 1.82) is 0 Å². The Balaban J connectivity index is 1.27. The summed E-state index contributed by atoms with van der Waals surface area (Å²) < 4.78 is 40.2. The van der Waals surface area contributed by atoms with Crippen molar-refractivity contribution in [2.24, 2.45) is 0 Å². The molecule has 0 unspecified atom stereocenters. The second-order valence-corrected chi connectivity index (χ2v) is 8.99. The maximum Gasteiger partial charge on any atom is 0.416 e. The maximum atomic E-state index is 13.4. The lowest BCUT2D eigenvalue weighted by Crippen LogP contribution is -2.44. The maximum absolute atomic E-state index is 13.4. The number of hydrogen-bond donors (Lipinski definition) is 1. The number of fused-ring (bicyclic) bond motifs is 1. The molecule has 5 nitrogen and oxygen atoms in total. The fraction of sp³-hybridized carbons (Fsp3) is 0.565. The van der Waals surface area contributed by atoms with Crippen molar-refractivity contribution >= 4 is 5.91 Å². The Labute approximate surface area is 179 Å². The van der Waals surface area contributed by atoms with Crippen LogP contribution < -0.4 is 0 Å². The Hall–Kier alpha value is -2.35. The minimum absolute atomic E-state index is 0.101. The fourth-order valence-electron chi connectivity index (χ4n) is 5.21. The number of nitrogens with zero attached hydrogens (tertiary/aromatic N) is 3. The van der Waals surface area contributed by atoms with Crippen molar-refractivity contribution in [3.8, 4) is 0 Å². The summed E-state index contributed by atoms with van der Waals surface area (Å²) in [4.78, 5) is 17.4. The number of alkyl halides is 3. The third-order valence-electron chi connectivity index (χ3n) is 7.24. The molecule has 5 rings (SSSR count). The van der Waals surface area contributed by atoms with Crippen molar-refractivity contribution in [2.45, 2.75) is 63.2 Å². The lowest BCUT2D eigenvalue weighted by atomic mass is 9.86. The molecule has 0 radical (unpaired) electrons. The van der Waals surface area contributed by atoms with Crippen LogP contribution in [0.3, 0.4) is 0 Å². The van der Waals surface area contributed by atoms with E-state index in [0.717, 1.165) is 36.8 Å². The van der Waals surface area contributed by atoms with Crippen LogP contribution in [0, 0.1) is 0 Å². The number of carbonyl (C=O) groups excluding carboxylic acids is 1. The fourth-order valence-corrected chi connectivity index (χ4v) is 5.21. The molecule has 3 aliphatic rings. The number of nitrogens with one attached hydrogen (secondary N) is 1. The van der Waals surface area contributed by atoms with Crippen LogP contribution in [0.5, 0.6) is 0 Å². The first kappa shape index (κ1) is 20.5. The molecule has 0 atom stereocenters. The highest BCUT2D eigenvalue weighted by Crippen LogP contribution is 2.39. The van der Waals surface area contributed by atoms with Gasteiger partial charge in [-0.2, -0.15) is 18.3 Å². The largest absolute Gasteiger partial charge is 0.416 e. The van der Waals surface area contributed by atoms with Gasteiger partial charge in [-0.3, -0.25) is 14.8 Å². The molecule has 1 aromatic heterocycles. The summed E-state index contributed by atoms with van der Waals surface area (Å²) in [6.45, 7) is 2.65. The molecule has 2 aromatic rings. The summed E-state index contributed by atoms with van der Waals surface area (Å²) in [5, 5.41) is 7.39. The van der Waals surface area contributed by atoms with E-state index < -0.39 is 11.7 Å². The van der Waals surface area contributed by atoms with Crippen molar-refractivity contribution in [2.75, 3.05) is 19.6 Å². The number of rotatable bonds is 3. The van der Waals surface area contributed by atoms with Crippen LogP contribution >= 0.6 is 0 Å². The highest BCUT2D eigenvalue weighted by Gasteiger charge is 2.37. The zero-order chi connectivity index (χ0) is 21.6. The molecule has 2 fully saturated rings. The molecule has 31 heavy (non-hydrogen) atoms. The third kappa shape index (κ3) is 3.86. The number of halogens is 3. The Kier molecular flexibility index (Phi) is 5.28. The first-order valence-electron chi connectivity index (χ1n) is 11.2. The Morgan fingerprint density at radius 1 is 1.06 bits per heavy atom. The summed E-state index contributed by atoms with van der Waals surface area (Å²) in [5.74, 6) is -0.292. The van der Waals surface area contributed by atoms with Crippen LogP contribution in [0.2, 0.25) is 0 Å². The van der Waals surface area contributed by atoms with E-state index in [0.29, 0.717) is 43.2 Å². The predicted octanol–water partition coefficient (Wildman–Crippen LogP) is 4.36. The molecule has 1 saturated carbocycles. The van der Waals surface area contributed by atoms with Crippen LogP contribution in [-0.2, 0) is 19.1 Å². The molecule has 1 amide bonds. The van der Waals surface area contributed by atoms with Crippen molar-refractivity contribution in [3.63, 3.8) is 0 Å². The first-order valence-corrected chi connectivity index (χ1v) is 11.2. The van der Waals surface area contributed by atoms with Gasteiger partial charge in [-0.25, -0.2) is 0 Å². The number of H-pyrrole nitrogens is 1. The highest BCUT2D eigenvalue weighted by atomic mass is 19.4. The van der Waals surface area contributed by atoms with Gasteiger partial charge in [-0.15, -0.1) is 0 Å². The smallest absolute Gasteiger partial charge is 0.337 e. The van der Waals surface area contributed by atoms with E-state index in [2.05, 4.69) is 15.1 Å². The van der Waals surface area contributed by atoms with Crippen LogP contribution in [0.1, 0.15) is 70.9 Å². The molecular weight excluding hydrogens is 405 g/mol. The lowest BCUT2D eigenvalue weighted by molar-refractivity contribution is -0.138. The van der Waals surface area contributed by atoms with Crippen LogP contribution in [0.25, 0.3) is 0 Å². The Morgan fingerprint density at radius 2 is 1.81 bits per heavy atom. The van der Waals surface area contributed by atoms with Gasteiger partial charge in [-0.05, 0) is 43.2 Å². The number of benzene rings is 1. The molecule has 1 N–H and O–H groups in total. The van der Waals surface area contributed by atoms with Crippen molar-refractivity contribution < 1.29 is 18.0 Å².